The molecule has 1 N–H and O–H groups in total. The van der Waals surface area contributed by atoms with E-state index in [0.717, 1.165) is 5.56 Å². The quantitative estimate of drug-likeness (QED) is 0.494. The molecule has 0 bridgehead atoms. The highest BCUT2D eigenvalue weighted by Gasteiger charge is 2.34. The summed E-state index contributed by atoms with van der Waals surface area (Å²) in [6, 6.07) is 17.7. The van der Waals surface area contributed by atoms with E-state index in [1.165, 1.54) is 37.3 Å². The van der Waals surface area contributed by atoms with Crippen molar-refractivity contribution in [2.75, 3.05) is 25.5 Å². The van der Waals surface area contributed by atoms with E-state index in [9.17, 15) is 18.0 Å². The SMILES string of the molecule is COc1ccc(NS(=O)(=O)c2ccc(/C=C/CN3C(=O)c4ccccc4C3=O)cc2)cc1OC. The number of hydrogen-bond donors (Lipinski definition) is 1. The first-order valence-corrected chi connectivity index (χ1v) is 11.8. The van der Waals surface area contributed by atoms with Crippen LogP contribution in [-0.2, 0) is 10.0 Å². The van der Waals surface area contributed by atoms with Crippen LogP contribution in [0, 0.1) is 0 Å². The van der Waals surface area contributed by atoms with Crippen LogP contribution in [0.2, 0.25) is 0 Å². The van der Waals surface area contributed by atoms with Gasteiger partial charge in [-0.15, -0.1) is 0 Å². The van der Waals surface area contributed by atoms with Gasteiger partial charge < -0.3 is 9.47 Å². The van der Waals surface area contributed by atoms with Crippen molar-refractivity contribution in [3.8, 4) is 11.5 Å². The molecule has 0 unspecified atom stereocenters. The molecule has 1 aliphatic heterocycles. The highest BCUT2D eigenvalue weighted by atomic mass is 32.2. The Balaban J connectivity index is 1.42. The van der Waals surface area contributed by atoms with Crippen molar-refractivity contribution in [3.05, 3.63) is 89.5 Å². The topological polar surface area (TPSA) is 102 Å². The molecule has 0 saturated carbocycles. The molecule has 0 aromatic heterocycles. The zero-order chi connectivity index (χ0) is 24.3. The third-order valence-corrected chi connectivity index (χ3v) is 6.70. The molecule has 34 heavy (non-hydrogen) atoms. The van der Waals surface area contributed by atoms with Gasteiger partial charge in [-0.2, -0.15) is 0 Å². The van der Waals surface area contributed by atoms with Crippen LogP contribution in [0.1, 0.15) is 26.3 Å². The van der Waals surface area contributed by atoms with E-state index in [1.54, 1.807) is 60.7 Å². The summed E-state index contributed by atoms with van der Waals surface area (Å²) in [5, 5.41) is 0. The molecule has 0 spiro atoms. The fourth-order valence-corrected chi connectivity index (χ4v) is 4.62. The Morgan fingerprint density at radius 3 is 2.06 bits per heavy atom. The number of carbonyl (C=O) groups excluding carboxylic acids is 2. The first-order chi connectivity index (χ1) is 16.3. The number of sulfonamides is 1. The smallest absolute Gasteiger partial charge is 0.261 e. The Morgan fingerprint density at radius 2 is 1.47 bits per heavy atom. The van der Waals surface area contributed by atoms with Crippen LogP contribution in [0.15, 0.2) is 77.7 Å². The molecule has 4 rings (SSSR count). The van der Waals surface area contributed by atoms with Crippen LogP contribution in [0.25, 0.3) is 6.08 Å². The lowest BCUT2D eigenvalue weighted by atomic mass is 10.1. The van der Waals surface area contributed by atoms with Crippen molar-refractivity contribution in [2.24, 2.45) is 0 Å². The normalized spacial score (nSPS) is 13.3. The lowest BCUT2D eigenvalue weighted by Crippen LogP contribution is -2.29. The first kappa shape index (κ1) is 23.1. The van der Waals surface area contributed by atoms with E-state index in [0.29, 0.717) is 28.3 Å². The number of methoxy groups -OCH3 is 2. The van der Waals surface area contributed by atoms with Crippen molar-refractivity contribution in [2.45, 2.75) is 4.90 Å². The Hall–Kier alpha value is -4.11. The molecular weight excluding hydrogens is 456 g/mol. The summed E-state index contributed by atoms with van der Waals surface area (Å²) in [6.45, 7) is 0.118. The highest BCUT2D eigenvalue weighted by Crippen LogP contribution is 2.30. The third kappa shape index (κ3) is 4.51. The number of fused-ring (bicyclic) bond motifs is 1. The Morgan fingerprint density at radius 1 is 0.853 bits per heavy atom. The molecule has 174 valence electrons. The number of anilines is 1. The summed E-state index contributed by atoms with van der Waals surface area (Å²) >= 11 is 0. The van der Waals surface area contributed by atoms with Crippen molar-refractivity contribution >= 4 is 33.6 Å². The minimum atomic E-state index is -3.82. The summed E-state index contributed by atoms with van der Waals surface area (Å²) < 4.78 is 38.4. The van der Waals surface area contributed by atoms with Crippen molar-refractivity contribution < 1.29 is 27.5 Å². The number of nitrogens with one attached hydrogen (secondary N) is 1. The van der Waals surface area contributed by atoms with Crippen LogP contribution >= 0.6 is 0 Å². The average molecular weight is 479 g/mol. The molecule has 3 aromatic rings. The Bertz CT molecular complexity index is 1350. The molecule has 2 amide bonds. The minimum Gasteiger partial charge on any atom is -0.493 e. The fourth-order valence-electron chi connectivity index (χ4n) is 3.57. The number of nitrogens with zero attached hydrogens (tertiary/aromatic N) is 1. The van der Waals surface area contributed by atoms with E-state index in [1.807, 2.05) is 0 Å². The summed E-state index contributed by atoms with van der Waals surface area (Å²) in [5.41, 5.74) is 1.86. The molecule has 0 aliphatic carbocycles. The second kappa shape index (κ2) is 9.40. The van der Waals surface area contributed by atoms with Crippen LogP contribution in [0.4, 0.5) is 5.69 Å². The first-order valence-electron chi connectivity index (χ1n) is 10.3. The predicted molar refractivity (Wildman–Crippen MR) is 128 cm³/mol. The van der Waals surface area contributed by atoms with E-state index in [2.05, 4.69) is 4.72 Å². The standard InChI is InChI=1S/C25H22N2O6S/c1-32-22-14-11-18(16-23(22)33-2)26-34(30,31)19-12-9-17(10-13-19)6-5-15-27-24(28)20-7-3-4-8-21(20)25(27)29/h3-14,16,26H,15H2,1-2H3/b6-5+. The number of hydrogen-bond acceptors (Lipinski definition) is 6. The van der Waals surface area contributed by atoms with Crippen LogP contribution < -0.4 is 14.2 Å². The van der Waals surface area contributed by atoms with Crippen molar-refractivity contribution in [1.29, 1.82) is 0 Å². The number of benzene rings is 3. The summed E-state index contributed by atoms with van der Waals surface area (Å²) in [4.78, 5) is 26.1. The molecule has 0 radical (unpaired) electrons. The maximum Gasteiger partial charge on any atom is 0.261 e. The molecule has 1 aliphatic rings. The highest BCUT2D eigenvalue weighted by molar-refractivity contribution is 7.92. The Kier molecular flexibility index (Phi) is 6.38. The van der Waals surface area contributed by atoms with Gasteiger partial charge in [-0.05, 0) is 42.0 Å². The fraction of sp³-hybridized carbons (Fsp3) is 0.120. The summed E-state index contributed by atoms with van der Waals surface area (Å²) in [5.74, 6) is 0.241. The van der Waals surface area contributed by atoms with Gasteiger partial charge in [0.1, 0.15) is 0 Å². The number of carbonyl (C=O) groups is 2. The largest absolute Gasteiger partial charge is 0.493 e. The van der Waals surface area contributed by atoms with Crippen molar-refractivity contribution in [1.82, 2.24) is 4.90 Å². The average Bonchev–Trinajstić information content (AvgIpc) is 3.09. The van der Waals surface area contributed by atoms with E-state index in [4.69, 9.17) is 9.47 Å². The van der Waals surface area contributed by atoms with Gasteiger partial charge in [-0.25, -0.2) is 8.42 Å². The molecule has 0 saturated heterocycles. The molecule has 1 heterocycles. The van der Waals surface area contributed by atoms with Gasteiger partial charge in [0.2, 0.25) is 0 Å². The van der Waals surface area contributed by atoms with Gasteiger partial charge in [0.25, 0.3) is 21.8 Å². The second-order valence-corrected chi connectivity index (χ2v) is 9.10. The van der Waals surface area contributed by atoms with Crippen LogP contribution in [0.5, 0.6) is 11.5 Å². The van der Waals surface area contributed by atoms with E-state index < -0.39 is 10.0 Å². The number of imide groups is 1. The Labute approximate surface area is 197 Å². The number of amides is 2. The maximum atomic E-state index is 12.8. The molecular formula is C25H22N2O6S. The van der Waals surface area contributed by atoms with Gasteiger partial charge in [0, 0.05) is 12.6 Å². The molecule has 8 nitrogen and oxygen atoms in total. The monoisotopic (exact) mass is 478 g/mol. The lowest BCUT2D eigenvalue weighted by Gasteiger charge is -2.12. The van der Waals surface area contributed by atoms with Crippen LogP contribution in [0.3, 0.4) is 0 Å². The molecule has 0 atom stereocenters. The van der Waals surface area contributed by atoms with E-state index in [-0.39, 0.29) is 23.3 Å². The summed E-state index contributed by atoms with van der Waals surface area (Å²) in [6.07, 6.45) is 3.41. The minimum absolute atomic E-state index is 0.0831. The van der Waals surface area contributed by atoms with Gasteiger partial charge in [-0.3, -0.25) is 19.2 Å². The zero-order valence-corrected chi connectivity index (χ0v) is 19.3. The van der Waals surface area contributed by atoms with E-state index >= 15 is 0 Å². The number of ether oxygens (including phenoxy) is 2. The molecule has 0 fully saturated rings. The lowest BCUT2D eigenvalue weighted by molar-refractivity contribution is 0.0672. The number of rotatable bonds is 8. The molecule has 3 aromatic carbocycles. The van der Waals surface area contributed by atoms with Crippen LogP contribution in [-0.4, -0.2) is 45.9 Å². The van der Waals surface area contributed by atoms with Gasteiger partial charge >= 0.3 is 0 Å². The predicted octanol–water partition coefficient (Wildman–Crippen LogP) is 3.81. The second-order valence-electron chi connectivity index (χ2n) is 7.41. The van der Waals surface area contributed by atoms with Crippen molar-refractivity contribution in [3.63, 3.8) is 0 Å². The summed E-state index contributed by atoms with van der Waals surface area (Å²) in [7, 11) is -0.855. The molecule has 9 heteroatoms. The zero-order valence-electron chi connectivity index (χ0n) is 18.5. The third-order valence-electron chi connectivity index (χ3n) is 5.30. The van der Waals surface area contributed by atoms with Gasteiger partial charge in [-0.1, -0.05) is 36.4 Å². The van der Waals surface area contributed by atoms with Gasteiger partial charge in [0.15, 0.2) is 11.5 Å². The maximum absolute atomic E-state index is 12.8. The van der Waals surface area contributed by atoms with Gasteiger partial charge in [0.05, 0.1) is 35.9 Å².